The Bertz CT molecular complexity index is 2380. The molecule has 0 saturated carbocycles. The molecule has 344 valence electrons. The van der Waals surface area contributed by atoms with Crippen LogP contribution in [0.1, 0.15) is 83.7 Å². The maximum Gasteiger partial charge on any atom is 0.312 e. The number of ketones is 1. The van der Waals surface area contributed by atoms with Crippen LogP contribution in [0.3, 0.4) is 0 Å². The van der Waals surface area contributed by atoms with Gasteiger partial charge in [0.1, 0.15) is 29.5 Å². The molecule has 5 heterocycles. The fourth-order valence-corrected chi connectivity index (χ4v) is 9.40. The van der Waals surface area contributed by atoms with Gasteiger partial charge in [-0.15, -0.1) is 0 Å². The topological polar surface area (TPSA) is 212 Å². The minimum absolute atomic E-state index is 0.00682. The zero-order valence-corrected chi connectivity index (χ0v) is 37.9. The summed E-state index contributed by atoms with van der Waals surface area (Å²) < 4.78 is 24.1. The van der Waals surface area contributed by atoms with Gasteiger partial charge in [-0.2, -0.15) is 5.10 Å². The van der Waals surface area contributed by atoms with E-state index < -0.39 is 83.4 Å². The molecular weight excluding hydrogens is 823 g/mol. The highest BCUT2D eigenvalue weighted by atomic mass is 16.7. The normalized spacial score (nSPS) is 32.8. The molecule has 2 aromatic rings. The number of esters is 1. The third kappa shape index (κ3) is 8.46. The molecule has 16 heteroatoms. The number of allylic oxidation sites excluding steroid dienone is 4. The summed E-state index contributed by atoms with van der Waals surface area (Å²) in [6.45, 7) is 14.6. The zero-order valence-electron chi connectivity index (χ0n) is 37.9. The largest absolute Gasteiger partial charge is 0.507 e. The first-order chi connectivity index (χ1) is 30.4. The maximum atomic E-state index is 14.8. The number of ether oxygens (including phenoxy) is 4. The SMILES string of the molecule is CO[C@H]1/C=C/O[C@@]2(C)Oc3c(C)c(O)c4c(O)c(c5c(c4c3C2=O)NC2C=C(/C=N/N3CCCCC3)C=CN52)NC(=O)/C(C)=C\C=C\[C@H](C)[C@H](O)[C@@H](C)[C@@H](O)[C@@H](C)[C@H](OC(C)=O)[C@@H]1C. The van der Waals surface area contributed by atoms with E-state index in [-0.39, 0.29) is 44.7 Å². The number of hydrogen-bond donors (Lipinski definition) is 6. The van der Waals surface area contributed by atoms with Gasteiger partial charge in [-0.25, -0.2) is 0 Å². The van der Waals surface area contributed by atoms with Crippen LogP contribution in [0.4, 0.5) is 17.1 Å². The molecule has 6 N–H and O–H groups in total. The number of hydrogen-bond acceptors (Lipinski definition) is 15. The number of aliphatic hydroxyl groups is 2. The summed E-state index contributed by atoms with van der Waals surface area (Å²) in [5, 5.41) is 60.4. The van der Waals surface area contributed by atoms with E-state index in [0.717, 1.165) is 31.5 Å². The molecule has 7 rings (SSSR count). The number of phenolic OH excluding ortho intramolecular Hbond substituents is 2. The van der Waals surface area contributed by atoms with Gasteiger partial charge < -0.3 is 54.9 Å². The summed E-state index contributed by atoms with van der Waals surface area (Å²) in [6.07, 6.45) is 14.1. The van der Waals surface area contributed by atoms with Crippen molar-refractivity contribution in [3.8, 4) is 17.2 Å². The molecule has 10 atom stereocenters. The fourth-order valence-electron chi connectivity index (χ4n) is 9.40. The smallest absolute Gasteiger partial charge is 0.312 e. The van der Waals surface area contributed by atoms with Crippen LogP contribution >= 0.6 is 0 Å². The number of Topliss-reactive ketones (excluding diaryl/α,β-unsaturated/α-hetero) is 1. The molecule has 5 aliphatic heterocycles. The van der Waals surface area contributed by atoms with Crippen LogP contribution < -0.4 is 20.3 Å². The minimum Gasteiger partial charge on any atom is -0.507 e. The molecule has 5 aliphatic rings. The first kappa shape index (κ1) is 46.2. The number of nitrogens with one attached hydrogen (secondary N) is 2. The number of rotatable bonds is 4. The van der Waals surface area contributed by atoms with Crippen molar-refractivity contribution in [2.45, 2.75) is 111 Å². The molecule has 4 bridgehead atoms. The number of aliphatic hydroxyl groups excluding tert-OH is 2. The molecule has 1 saturated heterocycles. The average Bonchev–Trinajstić information content (AvgIpc) is 3.78. The van der Waals surface area contributed by atoms with Crippen LogP contribution in [-0.2, 0) is 23.8 Å². The first-order valence-corrected chi connectivity index (χ1v) is 22.0. The van der Waals surface area contributed by atoms with Crippen LogP contribution in [0.2, 0.25) is 0 Å². The van der Waals surface area contributed by atoms with Gasteiger partial charge in [0, 0.05) is 80.4 Å². The molecule has 1 fully saturated rings. The molecule has 0 aromatic heterocycles. The van der Waals surface area contributed by atoms with Crippen LogP contribution in [-0.4, -0.2) is 106 Å². The van der Waals surface area contributed by atoms with Crippen LogP contribution in [0.5, 0.6) is 17.2 Å². The van der Waals surface area contributed by atoms with Crippen molar-refractivity contribution in [3.05, 3.63) is 71.2 Å². The Morgan fingerprint density at radius 1 is 0.969 bits per heavy atom. The van der Waals surface area contributed by atoms with Crippen molar-refractivity contribution in [3.63, 3.8) is 0 Å². The Hall–Kier alpha value is -5.84. The van der Waals surface area contributed by atoms with E-state index in [0.29, 0.717) is 11.4 Å². The van der Waals surface area contributed by atoms with Gasteiger partial charge in [0.15, 0.2) is 5.75 Å². The highest BCUT2D eigenvalue weighted by Gasteiger charge is 2.51. The molecular formula is C48H61N5O11. The predicted octanol–water partition coefficient (Wildman–Crippen LogP) is 6.53. The van der Waals surface area contributed by atoms with E-state index in [1.54, 1.807) is 78.3 Å². The molecule has 16 nitrogen and oxygen atoms in total. The number of anilines is 3. The second kappa shape index (κ2) is 18.3. The van der Waals surface area contributed by atoms with Gasteiger partial charge in [0.05, 0.1) is 53.1 Å². The predicted molar refractivity (Wildman–Crippen MR) is 243 cm³/mol. The number of fused-ring (bicyclic) bond motifs is 2. The highest BCUT2D eigenvalue weighted by molar-refractivity contribution is 6.27. The standard InChI is InChI=1S/C48H61N5O11/c1-24-14-13-15-25(2)47(60)51-38-39-37(50-33-22-31(16-20-53(33)39)23-49-52-18-11-10-12-19-52)34-35(43(38)58)42(57)29(6)45-36(34)46(59)48(8,64-45)62-21-17-32(61-9)26(3)44(63-30(7)54)28(5)41(56)27(4)40(24)55/h13-17,20-24,26-28,32-33,40-41,44,50,55-58H,10-12,18-19H2,1-9H3,(H,51,60)/b14-13+,21-17+,25-15-,49-23+/t24-,26+,27+,28+,32-,33?,40-,41+,44+,48-/m0/s1. The van der Waals surface area contributed by atoms with Gasteiger partial charge in [-0.3, -0.25) is 19.4 Å². The average molecular weight is 884 g/mol. The van der Waals surface area contributed by atoms with Crippen molar-refractivity contribution in [2.75, 3.05) is 35.7 Å². The first-order valence-electron chi connectivity index (χ1n) is 22.0. The van der Waals surface area contributed by atoms with Gasteiger partial charge in [-0.05, 0) is 56.9 Å². The Morgan fingerprint density at radius 3 is 2.38 bits per heavy atom. The van der Waals surface area contributed by atoms with E-state index >= 15 is 0 Å². The number of phenols is 2. The Labute approximate surface area is 373 Å². The summed E-state index contributed by atoms with van der Waals surface area (Å²) in [5.74, 6) is -6.90. The van der Waals surface area contributed by atoms with Gasteiger partial charge in [0.25, 0.3) is 11.7 Å². The number of carbonyl (C=O) groups is 3. The van der Waals surface area contributed by atoms with E-state index in [2.05, 4.69) is 10.6 Å². The lowest BCUT2D eigenvalue weighted by Gasteiger charge is -2.38. The summed E-state index contributed by atoms with van der Waals surface area (Å²) in [6, 6.07) is 0. The van der Waals surface area contributed by atoms with Crippen molar-refractivity contribution < 1.29 is 53.8 Å². The van der Waals surface area contributed by atoms with Gasteiger partial charge in [0.2, 0.25) is 0 Å². The third-order valence-electron chi connectivity index (χ3n) is 13.3. The van der Waals surface area contributed by atoms with Crippen LogP contribution in [0.25, 0.3) is 10.8 Å². The van der Waals surface area contributed by atoms with E-state index in [9.17, 15) is 34.8 Å². The second-order valence-corrected chi connectivity index (χ2v) is 17.8. The summed E-state index contributed by atoms with van der Waals surface area (Å²) >= 11 is 0. The molecule has 1 unspecified atom stereocenters. The van der Waals surface area contributed by atoms with E-state index in [1.807, 2.05) is 22.1 Å². The lowest BCUT2D eigenvalue weighted by Crippen LogP contribution is -2.46. The number of piperidine rings is 1. The van der Waals surface area contributed by atoms with Crippen molar-refractivity contribution in [1.82, 2.24) is 5.01 Å². The number of methoxy groups -OCH3 is 1. The number of amides is 1. The van der Waals surface area contributed by atoms with Crippen molar-refractivity contribution >= 4 is 51.7 Å². The van der Waals surface area contributed by atoms with Crippen LogP contribution in [0.15, 0.2) is 65.2 Å². The number of carbonyl (C=O) groups excluding carboxylic acids is 3. The summed E-state index contributed by atoms with van der Waals surface area (Å²) in [7, 11) is 1.47. The molecule has 1 amide bonds. The lowest BCUT2D eigenvalue weighted by atomic mass is 9.78. The Balaban J connectivity index is 1.37. The monoisotopic (exact) mass is 883 g/mol. The molecule has 0 spiro atoms. The van der Waals surface area contributed by atoms with E-state index in [1.165, 1.54) is 33.6 Å². The highest BCUT2D eigenvalue weighted by Crippen LogP contribution is 2.59. The van der Waals surface area contributed by atoms with Crippen molar-refractivity contribution in [1.29, 1.82) is 0 Å². The summed E-state index contributed by atoms with van der Waals surface area (Å²) in [4.78, 5) is 43.1. The molecule has 0 aliphatic carbocycles. The third-order valence-corrected chi connectivity index (χ3v) is 13.3. The minimum atomic E-state index is -1.96. The van der Waals surface area contributed by atoms with Gasteiger partial charge >= 0.3 is 11.8 Å². The number of hydrazone groups is 1. The molecule has 2 aromatic carbocycles. The Morgan fingerprint density at radius 2 is 1.69 bits per heavy atom. The van der Waals surface area contributed by atoms with Gasteiger partial charge in [-0.1, -0.05) is 45.9 Å². The second-order valence-electron chi connectivity index (χ2n) is 17.8. The quantitative estimate of drug-likeness (QED) is 0.0835. The number of nitrogens with zero attached hydrogens (tertiary/aromatic N) is 3. The van der Waals surface area contributed by atoms with Crippen LogP contribution in [0, 0.1) is 30.6 Å². The Kier molecular flexibility index (Phi) is 13.2. The molecule has 0 radical (unpaired) electrons. The number of benzene rings is 2. The van der Waals surface area contributed by atoms with Crippen molar-refractivity contribution in [2.24, 2.45) is 28.8 Å². The zero-order chi connectivity index (χ0) is 46.4. The maximum absolute atomic E-state index is 14.8. The summed E-state index contributed by atoms with van der Waals surface area (Å²) in [5.41, 5.74) is 1.94. The molecule has 64 heavy (non-hydrogen) atoms. The number of aromatic hydroxyl groups is 2. The lowest BCUT2D eigenvalue weighted by molar-refractivity contribution is -0.160. The fraction of sp³-hybridized carbons (Fsp3) is 0.500. The van der Waals surface area contributed by atoms with E-state index in [4.69, 9.17) is 24.0 Å².